The van der Waals surface area contributed by atoms with Gasteiger partial charge in [-0.05, 0) is 31.6 Å². The van der Waals surface area contributed by atoms with Gasteiger partial charge in [-0.1, -0.05) is 19.9 Å². The summed E-state index contributed by atoms with van der Waals surface area (Å²) in [5.41, 5.74) is 8.09. The topological polar surface area (TPSA) is 42.1 Å². The van der Waals surface area contributed by atoms with Crippen LogP contribution < -0.4 is 5.73 Å². The Labute approximate surface area is 92.3 Å². The van der Waals surface area contributed by atoms with Gasteiger partial charge in [-0.2, -0.15) is 0 Å². The molecule has 0 aromatic carbocycles. The monoisotopic (exact) mass is 207 g/mol. The lowest BCUT2D eigenvalue weighted by Gasteiger charge is -2.28. The molecule has 0 radical (unpaired) electrons. The summed E-state index contributed by atoms with van der Waals surface area (Å²) >= 11 is 0. The van der Waals surface area contributed by atoms with Crippen molar-refractivity contribution in [2.45, 2.75) is 26.8 Å². The molecule has 0 saturated carbocycles. The van der Waals surface area contributed by atoms with Crippen molar-refractivity contribution in [3.63, 3.8) is 0 Å². The zero-order valence-electron chi connectivity index (χ0n) is 9.90. The number of hydrogen-bond acceptors (Lipinski definition) is 3. The van der Waals surface area contributed by atoms with E-state index in [0.29, 0.717) is 12.6 Å². The number of aromatic nitrogens is 1. The fourth-order valence-electron chi connectivity index (χ4n) is 1.84. The summed E-state index contributed by atoms with van der Waals surface area (Å²) in [5, 5.41) is 0. The van der Waals surface area contributed by atoms with E-state index in [1.165, 1.54) is 5.56 Å². The first-order valence-electron chi connectivity index (χ1n) is 5.59. The number of pyridine rings is 1. The van der Waals surface area contributed by atoms with Crippen molar-refractivity contribution < 1.29 is 0 Å². The summed E-state index contributed by atoms with van der Waals surface area (Å²) in [6, 6.07) is 4.47. The quantitative estimate of drug-likeness (QED) is 0.799. The predicted molar refractivity (Wildman–Crippen MR) is 63.7 cm³/mol. The molecule has 0 fully saturated rings. The van der Waals surface area contributed by atoms with Gasteiger partial charge in [0.2, 0.25) is 0 Å². The maximum absolute atomic E-state index is 5.83. The molecule has 1 unspecified atom stereocenters. The minimum absolute atomic E-state index is 0.299. The highest BCUT2D eigenvalue weighted by Crippen LogP contribution is 2.18. The van der Waals surface area contributed by atoms with Gasteiger partial charge >= 0.3 is 0 Å². The fourth-order valence-corrected chi connectivity index (χ4v) is 1.84. The second-order valence-electron chi connectivity index (χ2n) is 3.71. The van der Waals surface area contributed by atoms with Crippen LogP contribution in [0, 0.1) is 6.92 Å². The second kappa shape index (κ2) is 5.83. The molecular formula is C12H21N3. The third-order valence-electron chi connectivity index (χ3n) is 2.80. The molecule has 2 N–H and O–H groups in total. The van der Waals surface area contributed by atoms with E-state index in [1.54, 1.807) is 0 Å². The summed E-state index contributed by atoms with van der Waals surface area (Å²) in [4.78, 5) is 6.67. The lowest BCUT2D eigenvalue weighted by Crippen LogP contribution is -2.33. The van der Waals surface area contributed by atoms with Crippen LogP contribution in [0.3, 0.4) is 0 Å². The van der Waals surface area contributed by atoms with Gasteiger partial charge in [0.15, 0.2) is 0 Å². The van der Waals surface area contributed by atoms with Crippen LogP contribution in [0.25, 0.3) is 0 Å². The SMILES string of the molecule is CCN(CC)C(CN)c1ccc(C)nc1. The van der Waals surface area contributed by atoms with Gasteiger partial charge < -0.3 is 5.73 Å². The number of hydrogen-bond donors (Lipinski definition) is 1. The van der Waals surface area contributed by atoms with Crippen molar-refractivity contribution in [3.8, 4) is 0 Å². The molecule has 0 aliphatic rings. The number of nitrogens with two attached hydrogens (primary N) is 1. The summed E-state index contributed by atoms with van der Waals surface area (Å²) in [7, 11) is 0. The largest absolute Gasteiger partial charge is 0.329 e. The van der Waals surface area contributed by atoms with E-state index in [1.807, 2.05) is 19.2 Å². The molecule has 1 aromatic rings. The Hall–Kier alpha value is -0.930. The molecule has 0 spiro atoms. The van der Waals surface area contributed by atoms with Gasteiger partial charge in [-0.15, -0.1) is 0 Å². The van der Waals surface area contributed by atoms with Gasteiger partial charge in [0, 0.05) is 24.5 Å². The van der Waals surface area contributed by atoms with Crippen LogP contribution in [0.1, 0.15) is 31.1 Å². The van der Waals surface area contributed by atoms with E-state index in [0.717, 1.165) is 18.8 Å². The molecule has 0 amide bonds. The minimum Gasteiger partial charge on any atom is -0.329 e. The first kappa shape index (κ1) is 12.1. The van der Waals surface area contributed by atoms with E-state index in [2.05, 4.69) is 29.8 Å². The smallest absolute Gasteiger partial charge is 0.0485 e. The molecular weight excluding hydrogens is 186 g/mol. The third kappa shape index (κ3) is 3.01. The highest BCUT2D eigenvalue weighted by molar-refractivity contribution is 5.17. The number of rotatable bonds is 5. The minimum atomic E-state index is 0.299. The highest BCUT2D eigenvalue weighted by Gasteiger charge is 2.15. The lowest BCUT2D eigenvalue weighted by atomic mass is 10.1. The average molecular weight is 207 g/mol. The van der Waals surface area contributed by atoms with Crippen LogP contribution in [0.15, 0.2) is 18.3 Å². The van der Waals surface area contributed by atoms with Crippen LogP contribution in [-0.4, -0.2) is 29.5 Å². The van der Waals surface area contributed by atoms with Crippen LogP contribution >= 0.6 is 0 Å². The molecule has 3 heteroatoms. The van der Waals surface area contributed by atoms with Crippen LogP contribution in [0.4, 0.5) is 0 Å². The maximum Gasteiger partial charge on any atom is 0.0485 e. The highest BCUT2D eigenvalue weighted by atomic mass is 15.2. The van der Waals surface area contributed by atoms with Crippen molar-refractivity contribution in [1.82, 2.24) is 9.88 Å². The molecule has 1 rings (SSSR count). The zero-order valence-corrected chi connectivity index (χ0v) is 9.90. The van der Waals surface area contributed by atoms with Crippen molar-refractivity contribution in [3.05, 3.63) is 29.6 Å². The molecule has 1 atom stereocenters. The molecule has 1 aromatic heterocycles. The van der Waals surface area contributed by atoms with E-state index < -0.39 is 0 Å². The zero-order chi connectivity index (χ0) is 11.3. The normalized spacial score (nSPS) is 13.1. The molecule has 0 aliphatic carbocycles. The van der Waals surface area contributed by atoms with Gasteiger partial charge in [-0.25, -0.2) is 0 Å². The number of aryl methyl sites for hydroxylation is 1. The van der Waals surface area contributed by atoms with Crippen LogP contribution in [0.2, 0.25) is 0 Å². The van der Waals surface area contributed by atoms with Gasteiger partial charge in [0.05, 0.1) is 0 Å². The summed E-state index contributed by atoms with van der Waals surface area (Å²) in [5.74, 6) is 0. The molecule has 0 aliphatic heterocycles. The fraction of sp³-hybridized carbons (Fsp3) is 0.583. The van der Waals surface area contributed by atoms with E-state index in [-0.39, 0.29) is 0 Å². The lowest BCUT2D eigenvalue weighted by molar-refractivity contribution is 0.223. The van der Waals surface area contributed by atoms with Crippen molar-refractivity contribution in [1.29, 1.82) is 0 Å². The summed E-state index contributed by atoms with van der Waals surface area (Å²) < 4.78 is 0. The van der Waals surface area contributed by atoms with Crippen molar-refractivity contribution >= 4 is 0 Å². The average Bonchev–Trinajstić information content (AvgIpc) is 2.27. The molecule has 0 saturated heterocycles. The summed E-state index contributed by atoms with van der Waals surface area (Å²) in [6.45, 7) is 9.01. The van der Waals surface area contributed by atoms with Crippen molar-refractivity contribution in [2.24, 2.45) is 5.73 Å². The molecule has 0 bridgehead atoms. The van der Waals surface area contributed by atoms with Crippen molar-refractivity contribution in [2.75, 3.05) is 19.6 Å². The Bertz CT molecular complexity index is 277. The molecule has 15 heavy (non-hydrogen) atoms. The standard InChI is InChI=1S/C12H21N3/c1-4-15(5-2)12(8-13)11-7-6-10(3)14-9-11/h6-7,9,12H,4-5,8,13H2,1-3H3. The van der Waals surface area contributed by atoms with Gasteiger partial charge in [-0.3, -0.25) is 9.88 Å². The van der Waals surface area contributed by atoms with E-state index in [9.17, 15) is 0 Å². The van der Waals surface area contributed by atoms with Crippen LogP contribution in [0.5, 0.6) is 0 Å². The first-order valence-corrected chi connectivity index (χ1v) is 5.59. The van der Waals surface area contributed by atoms with Gasteiger partial charge in [0.25, 0.3) is 0 Å². The van der Waals surface area contributed by atoms with Gasteiger partial charge in [0.1, 0.15) is 0 Å². The predicted octanol–water partition coefficient (Wildman–Crippen LogP) is 1.73. The molecule has 1 heterocycles. The Morgan fingerprint density at radius 1 is 1.33 bits per heavy atom. The number of likely N-dealkylation sites (N-methyl/N-ethyl adjacent to an activating group) is 1. The Morgan fingerprint density at radius 2 is 2.00 bits per heavy atom. The Balaban J connectivity index is 2.86. The maximum atomic E-state index is 5.83. The summed E-state index contributed by atoms with van der Waals surface area (Å²) in [6.07, 6.45) is 1.94. The number of nitrogens with zero attached hydrogens (tertiary/aromatic N) is 2. The molecule has 84 valence electrons. The van der Waals surface area contributed by atoms with E-state index >= 15 is 0 Å². The Kier molecular flexibility index (Phi) is 4.72. The van der Waals surface area contributed by atoms with Crippen LogP contribution in [-0.2, 0) is 0 Å². The Morgan fingerprint density at radius 3 is 2.40 bits per heavy atom. The van der Waals surface area contributed by atoms with E-state index in [4.69, 9.17) is 5.73 Å². The second-order valence-corrected chi connectivity index (χ2v) is 3.71. The third-order valence-corrected chi connectivity index (χ3v) is 2.80. The first-order chi connectivity index (χ1) is 7.22. The molecule has 3 nitrogen and oxygen atoms in total.